The number of carbonyl (C=O) groups is 1. The SMILES string of the molecule is Cc1nnc(NC(=O)c2ccc(N3CCCC3)c(C#N)c2)n1C1CC1. The lowest BCUT2D eigenvalue weighted by molar-refractivity contribution is 0.102. The van der Waals surface area contributed by atoms with E-state index in [4.69, 9.17) is 0 Å². The molecule has 1 saturated heterocycles. The largest absolute Gasteiger partial charge is 0.370 e. The van der Waals surface area contributed by atoms with Gasteiger partial charge in [-0.05, 0) is 50.8 Å². The number of nitrogens with zero attached hydrogens (tertiary/aromatic N) is 5. The van der Waals surface area contributed by atoms with Gasteiger partial charge in [0.05, 0.1) is 11.3 Å². The molecule has 25 heavy (non-hydrogen) atoms. The number of aryl methyl sites for hydroxylation is 1. The number of rotatable bonds is 4. The molecule has 128 valence electrons. The highest BCUT2D eigenvalue weighted by atomic mass is 16.1. The summed E-state index contributed by atoms with van der Waals surface area (Å²) in [6.07, 6.45) is 4.46. The van der Waals surface area contributed by atoms with Crippen molar-refractivity contribution in [1.82, 2.24) is 14.8 Å². The van der Waals surface area contributed by atoms with Crippen LogP contribution in [0, 0.1) is 18.3 Å². The average molecular weight is 336 g/mol. The molecule has 0 unspecified atom stereocenters. The lowest BCUT2D eigenvalue weighted by atomic mass is 10.1. The smallest absolute Gasteiger partial charge is 0.258 e. The van der Waals surface area contributed by atoms with Crippen molar-refractivity contribution in [2.24, 2.45) is 0 Å². The van der Waals surface area contributed by atoms with E-state index in [-0.39, 0.29) is 5.91 Å². The van der Waals surface area contributed by atoms with Gasteiger partial charge in [-0.25, -0.2) is 0 Å². The molecule has 1 aliphatic heterocycles. The molecule has 1 aromatic heterocycles. The maximum Gasteiger partial charge on any atom is 0.258 e. The summed E-state index contributed by atoms with van der Waals surface area (Å²) >= 11 is 0. The van der Waals surface area contributed by atoms with E-state index in [2.05, 4.69) is 26.5 Å². The van der Waals surface area contributed by atoms with E-state index >= 15 is 0 Å². The monoisotopic (exact) mass is 336 g/mol. The number of aromatic nitrogens is 3. The molecular formula is C18H20N6O. The first-order chi connectivity index (χ1) is 12.2. The first kappa shape index (κ1) is 15.6. The quantitative estimate of drug-likeness (QED) is 0.927. The zero-order valence-corrected chi connectivity index (χ0v) is 14.2. The van der Waals surface area contributed by atoms with Gasteiger partial charge in [-0.15, -0.1) is 10.2 Å². The summed E-state index contributed by atoms with van der Waals surface area (Å²) in [5, 5.41) is 20.4. The summed E-state index contributed by atoms with van der Waals surface area (Å²) < 4.78 is 1.97. The number of hydrogen-bond acceptors (Lipinski definition) is 5. The van der Waals surface area contributed by atoms with Gasteiger partial charge < -0.3 is 4.90 Å². The number of anilines is 2. The van der Waals surface area contributed by atoms with Crippen LogP contribution < -0.4 is 10.2 Å². The summed E-state index contributed by atoms with van der Waals surface area (Å²) in [5.74, 6) is 1.02. The van der Waals surface area contributed by atoms with Gasteiger partial charge in [0.25, 0.3) is 5.91 Å². The van der Waals surface area contributed by atoms with E-state index in [9.17, 15) is 10.1 Å². The number of hydrogen-bond donors (Lipinski definition) is 1. The van der Waals surface area contributed by atoms with E-state index in [0.717, 1.165) is 50.3 Å². The van der Waals surface area contributed by atoms with Gasteiger partial charge in [-0.2, -0.15) is 5.26 Å². The third-order valence-electron chi connectivity index (χ3n) is 4.83. The van der Waals surface area contributed by atoms with Crippen molar-refractivity contribution in [1.29, 1.82) is 5.26 Å². The first-order valence-electron chi connectivity index (χ1n) is 8.69. The molecule has 0 radical (unpaired) electrons. The fourth-order valence-electron chi connectivity index (χ4n) is 3.40. The molecule has 7 nitrogen and oxygen atoms in total. The van der Waals surface area contributed by atoms with Crippen molar-refractivity contribution in [3.8, 4) is 6.07 Å². The fraction of sp³-hybridized carbons (Fsp3) is 0.444. The maximum absolute atomic E-state index is 12.6. The van der Waals surface area contributed by atoms with Crippen LogP contribution in [-0.4, -0.2) is 33.8 Å². The Bertz CT molecular complexity index is 855. The Balaban J connectivity index is 1.57. The Morgan fingerprint density at radius 2 is 2.04 bits per heavy atom. The second-order valence-electron chi connectivity index (χ2n) is 6.66. The van der Waals surface area contributed by atoms with Gasteiger partial charge in [-0.1, -0.05) is 0 Å². The van der Waals surface area contributed by atoms with Crippen LogP contribution >= 0.6 is 0 Å². The van der Waals surface area contributed by atoms with E-state index in [1.807, 2.05) is 17.6 Å². The Labute approximate surface area is 146 Å². The van der Waals surface area contributed by atoms with Crippen molar-refractivity contribution >= 4 is 17.5 Å². The van der Waals surface area contributed by atoms with Crippen LogP contribution in [0.1, 0.15) is 53.5 Å². The molecule has 1 amide bonds. The van der Waals surface area contributed by atoms with Crippen LogP contribution in [0.5, 0.6) is 0 Å². The lowest BCUT2D eigenvalue weighted by Crippen LogP contribution is -2.20. The summed E-state index contributed by atoms with van der Waals surface area (Å²) in [6, 6.07) is 7.91. The van der Waals surface area contributed by atoms with Crippen LogP contribution in [0.2, 0.25) is 0 Å². The molecule has 1 aliphatic carbocycles. The summed E-state index contributed by atoms with van der Waals surface area (Å²) in [5.41, 5.74) is 1.91. The normalized spacial score (nSPS) is 16.7. The molecule has 1 aromatic carbocycles. The minimum atomic E-state index is -0.265. The lowest BCUT2D eigenvalue weighted by Gasteiger charge is -2.19. The second-order valence-corrected chi connectivity index (χ2v) is 6.66. The zero-order chi connectivity index (χ0) is 17.4. The van der Waals surface area contributed by atoms with E-state index in [1.54, 1.807) is 12.1 Å². The molecule has 7 heteroatoms. The summed E-state index contributed by atoms with van der Waals surface area (Å²) in [6.45, 7) is 3.81. The second kappa shape index (κ2) is 6.20. The molecule has 0 atom stereocenters. The molecule has 1 saturated carbocycles. The molecule has 2 aromatic rings. The van der Waals surface area contributed by atoms with Gasteiger partial charge in [0, 0.05) is 24.7 Å². The number of benzene rings is 1. The number of nitriles is 1. The minimum absolute atomic E-state index is 0.265. The Morgan fingerprint density at radius 1 is 1.28 bits per heavy atom. The third kappa shape index (κ3) is 2.95. The van der Waals surface area contributed by atoms with Crippen molar-refractivity contribution < 1.29 is 4.79 Å². The van der Waals surface area contributed by atoms with Gasteiger partial charge in [0.1, 0.15) is 11.9 Å². The van der Waals surface area contributed by atoms with Crippen LogP contribution in [0.25, 0.3) is 0 Å². The van der Waals surface area contributed by atoms with Gasteiger partial charge in [0.2, 0.25) is 5.95 Å². The minimum Gasteiger partial charge on any atom is -0.370 e. The summed E-state index contributed by atoms with van der Waals surface area (Å²) in [4.78, 5) is 14.8. The first-order valence-corrected chi connectivity index (χ1v) is 8.69. The highest BCUT2D eigenvalue weighted by Crippen LogP contribution is 2.37. The molecule has 4 rings (SSSR count). The number of carbonyl (C=O) groups excluding carboxylic acids is 1. The Morgan fingerprint density at radius 3 is 2.72 bits per heavy atom. The van der Waals surface area contributed by atoms with E-state index < -0.39 is 0 Å². The molecule has 0 bridgehead atoms. The van der Waals surface area contributed by atoms with Gasteiger partial charge in [-0.3, -0.25) is 14.7 Å². The van der Waals surface area contributed by atoms with Gasteiger partial charge in [0.15, 0.2) is 0 Å². The fourth-order valence-corrected chi connectivity index (χ4v) is 3.40. The molecule has 2 fully saturated rings. The maximum atomic E-state index is 12.6. The van der Waals surface area contributed by atoms with Crippen LogP contribution in [0.3, 0.4) is 0 Å². The van der Waals surface area contributed by atoms with Crippen LogP contribution in [0.15, 0.2) is 18.2 Å². The third-order valence-corrected chi connectivity index (χ3v) is 4.83. The Hall–Kier alpha value is -2.88. The van der Waals surface area contributed by atoms with Crippen LogP contribution in [-0.2, 0) is 0 Å². The van der Waals surface area contributed by atoms with Crippen molar-refractivity contribution in [3.05, 3.63) is 35.2 Å². The summed E-state index contributed by atoms with van der Waals surface area (Å²) in [7, 11) is 0. The number of nitrogens with one attached hydrogen (secondary N) is 1. The van der Waals surface area contributed by atoms with Crippen molar-refractivity contribution in [2.45, 2.75) is 38.6 Å². The highest BCUT2D eigenvalue weighted by Gasteiger charge is 2.29. The van der Waals surface area contributed by atoms with Crippen molar-refractivity contribution in [2.75, 3.05) is 23.3 Å². The van der Waals surface area contributed by atoms with E-state index in [0.29, 0.717) is 23.1 Å². The zero-order valence-electron chi connectivity index (χ0n) is 14.2. The standard InChI is InChI=1S/C18H20N6O/c1-12-21-22-18(24(12)15-5-6-15)20-17(25)13-4-7-16(14(10-13)11-19)23-8-2-3-9-23/h4,7,10,15H,2-3,5-6,8-9H2,1H3,(H,20,22,25). The molecular weight excluding hydrogens is 316 g/mol. The molecule has 2 aliphatic rings. The Kier molecular flexibility index (Phi) is 3.88. The van der Waals surface area contributed by atoms with Crippen molar-refractivity contribution in [3.63, 3.8) is 0 Å². The molecule has 0 spiro atoms. The van der Waals surface area contributed by atoms with Gasteiger partial charge >= 0.3 is 0 Å². The predicted molar refractivity (Wildman–Crippen MR) is 93.6 cm³/mol. The highest BCUT2D eigenvalue weighted by molar-refractivity contribution is 6.04. The van der Waals surface area contributed by atoms with Crippen LogP contribution in [0.4, 0.5) is 11.6 Å². The van der Waals surface area contributed by atoms with E-state index in [1.165, 1.54) is 0 Å². The number of amides is 1. The topological polar surface area (TPSA) is 86.8 Å². The molecule has 1 N–H and O–H groups in total. The molecule has 2 heterocycles. The average Bonchev–Trinajstić information content (AvgIpc) is 3.17. The predicted octanol–water partition coefficient (Wildman–Crippen LogP) is 2.65.